The molecule has 0 N–H and O–H groups in total. The van der Waals surface area contributed by atoms with E-state index in [0.717, 1.165) is 22.9 Å². The fraction of sp³-hybridized carbons (Fsp3) is 0.350. The van der Waals surface area contributed by atoms with Crippen molar-refractivity contribution in [1.82, 2.24) is 9.78 Å². The van der Waals surface area contributed by atoms with Crippen LogP contribution in [0.4, 0.5) is 0 Å². The summed E-state index contributed by atoms with van der Waals surface area (Å²) in [5.74, 6) is 0. The third-order valence-corrected chi connectivity index (χ3v) is 5.37. The van der Waals surface area contributed by atoms with Gasteiger partial charge in [0.1, 0.15) is 0 Å². The molecule has 2 heterocycles. The highest BCUT2D eigenvalue weighted by Crippen LogP contribution is 2.36. The van der Waals surface area contributed by atoms with Gasteiger partial charge in [-0.2, -0.15) is 5.10 Å². The monoisotopic (exact) mass is 334 g/mol. The highest BCUT2D eigenvalue weighted by atomic mass is 16.7. The maximum atomic E-state index is 6.18. The van der Waals surface area contributed by atoms with Gasteiger partial charge in [0.2, 0.25) is 0 Å². The van der Waals surface area contributed by atoms with Crippen molar-refractivity contribution >= 4 is 23.5 Å². The van der Waals surface area contributed by atoms with Gasteiger partial charge in [-0.05, 0) is 44.8 Å². The van der Waals surface area contributed by atoms with Crippen LogP contribution in [0.2, 0.25) is 0 Å². The SMILES string of the molecule is CC1(C)OB(c2ccc3cnn(Cc4ccccc4)c3c2)OC1(C)C. The van der Waals surface area contributed by atoms with Gasteiger partial charge in [0, 0.05) is 5.39 Å². The van der Waals surface area contributed by atoms with Crippen molar-refractivity contribution in [2.75, 3.05) is 0 Å². The van der Waals surface area contributed by atoms with Crippen LogP contribution in [0.5, 0.6) is 0 Å². The lowest BCUT2D eigenvalue weighted by Crippen LogP contribution is -2.41. The van der Waals surface area contributed by atoms with Crippen LogP contribution in [0, 0.1) is 0 Å². The Bertz CT molecular complexity index is 886. The van der Waals surface area contributed by atoms with Gasteiger partial charge in [-0.3, -0.25) is 4.68 Å². The fourth-order valence-corrected chi connectivity index (χ4v) is 3.10. The molecule has 2 aromatic carbocycles. The summed E-state index contributed by atoms with van der Waals surface area (Å²) in [4.78, 5) is 0. The smallest absolute Gasteiger partial charge is 0.399 e. The summed E-state index contributed by atoms with van der Waals surface area (Å²) in [5.41, 5.74) is 2.68. The Morgan fingerprint density at radius 2 is 1.64 bits per heavy atom. The van der Waals surface area contributed by atoms with E-state index >= 15 is 0 Å². The molecule has 1 fully saturated rings. The van der Waals surface area contributed by atoms with Gasteiger partial charge in [0.05, 0.1) is 29.5 Å². The molecule has 1 aliphatic rings. The van der Waals surface area contributed by atoms with Crippen LogP contribution >= 0.6 is 0 Å². The van der Waals surface area contributed by atoms with Crippen LogP contribution in [0.25, 0.3) is 10.9 Å². The normalized spacial score (nSPS) is 18.8. The topological polar surface area (TPSA) is 36.3 Å². The fourth-order valence-electron chi connectivity index (χ4n) is 3.10. The molecule has 5 heteroatoms. The molecule has 3 aromatic rings. The van der Waals surface area contributed by atoms with Gasteiger partial charge < -0.3 is 9.31 Å². The first-order valence-electron chi connectivity index (χ1n) is 8.71. The molecule has 1 aromatic heterocycles. The largest absolute Gasteiger partial charge is 0.494 e. The second-order valence-corrected chi connectivity index (χ2v) is 7.69. The summed E-state index contributed by atoms with van der Waals surface area (Å²) in [7, 11) is -0.352. The van der Waals surface area contributed by atoms with Crippen LogP contribution in [-0.2, 0) is 15.9 Å². The average molecular weight is 334 g/mol. The van der Waals surface area contributed by atoms with Gasteiger partial charge in [0.25, 0.3) is 0 Å². The molecule has 1 saturated heterocycles. The molecule has 128 valence electrons. The standard InChI is InChI=1S/C20H23BN2O2/c1-19(2)20(3,4)25-21(24-19)17-11-10-16-13-22-23(18(16)12-17)14-15-8-6-5-7-9-15/h5-13H,14H2,1-4H3. The molecule has 0 atom stereocenters. The summed E-state index contributed by atoms with van der Waals surface area (Å²) in [6, 6.07) is 16.7. The minimum atomic E-state index is -0.352. The van der Waals surface area contributed by atoms with Crippen molar-refractivity contribution < 1.29 is 9.31 Å². The molecule has 25 heavy (non-hydrogen) atoms. The lowest BCUT2D eigenvalue weighted by Gasteiger charge is -2.32. The number of fused-ring (bicyclic) bond motifs is 1. The van der Waals surface area contributed by atoms with Gasteiger partial charge in [-0.1, -0.05) is 42.5 Å². The zero-order chi connectivity index (χ0) is 17.7. The number of rotatable bonds is 3. The predicted octanol–water partition coefficient (Wildman–Crippen LogP) is 3.38. The third-order valence-electron chi connectivity index (χ3n) is 5.37. The zero-order valence-corrected chi connectivity index (χ0v) is 15.2. The Labute approximate surface area is 148 Å². The van der Waals surface area contributed by atoms with Crippen LogP contribution in [0.1, 0.15) is 33.3 Å². The van der Waals surface area contributed by atoms with E-state index in [1.165, 1.54) is 5.56 Å². The first-order chi connectivity index (χ1) is 11.9. The average Bonchev–Trinajstić information content (AvgIpc) is 3.06. The van der Waals surface area contributed by atoms with Crippen LogP contribution in [-0.4, -0.2) is 28.1 Å². The summed E-state index contributed by atoms with van der Waals surface area (Å²) < 4.78 is 14.4. The van der Waals surface area contributed by atoms with Gasteiger partial charge in [-0.25, -0.2) is 0 Å². The molecule has 0 unspecified atom stereocenters. The van der Waals surface area contributed by atoms with Crippen molar-refractivity contribution in [3.8, 4) is 0 Å². The molecule has 0 radical (unpaired) electrons. The molecule has 4 rings (SSSR count). The van der Waals surface area contributed by atoms with E-state index in [2.05, 4.69) is 75.3 Å². The Balaban J connectivity index is 1.67. The minimum Gasteiger partial charge on any atom is -0.399 e. The van der Waals surface area contributed by atoms with E-state index in [0.29, 0.717) is 0 Å². The number of benzene rings is 2. The first-order valence-corrected chi connectivity index (χ1v) is 8.71. The van der Waals surface area contributed by atoms with E-state index in [9.17, 15) is 0 Å². The highest BCUT2D eigenvalue weighted by Gasteiger charge is 2.51. The Morgan fingerprint density at radius 1 is 0.960 bits per heavy atom. The molecular formula is C20H23BN2O2. The summed E-state index contributed by atoms with van der Waals surface area (Å²) >= 11 is 0. The van der Waals surface area contributed by atoms with Crippen molar-refractivity contribution in [1.29, 1.82) is 0 Å². The van der Waals surface area contributed by atoms with E-state index in [1.807, 2.05) is 16.9 Å². The zero-order valence-electron chi connectivity index (χ0n) is 15.2. The number of aromatic nitrogens is 2. The van der Waals surface area contributed by atoms with Crippen molar-refractivity contribution in [3.63, 3.8) is 0 Å². The quantitative estimate of drug-likeness (QED) is 0.689. The van der Waals surface area contributed by atoms with Gasteiger partial charge >= 0.3 is 7.12 Å². The van der Waals surface area contributed by atoms with Crippen LogP contribution in [0.15, 0.2) is 54.7 Å². The minimum absolute atomic E-state index is 0.336. The molecule has 0 amide bonds. The molecule has 0 aliphatic carbocycles. The molecule has 4 nitrogen and oxygen atoms in total. The second kappa shape index (κ2) is 5.72. The first kappa shape index (κ1) is 16.4. The number of nitrogens with zero attached hydrogens (tertiary/aromatic N) is 2. The summed E-state index contributed by atoms with van der Waals surface area (Å²) in [6.45, 7) is 9.05. The van der Waals surface area contributed by atoms with Crippen molar-refractivity contribution in [2.24, 2.45) is 0 Å². The van der Waals surface area contributed by atoms with E-state index in [4.69, 9.17) is 9.31 Å². The Morgan fingerprint density at radius 3 is 2.32 bits per heavy atom. The number of hydrogen-bond acceptors (Lipinski definition) is 3. The van der Waals surface area contributed by atoms with Crippen molar-refractivity contribution in [2.45, 2.75) is 45.4 Å². The molecule has 0 bridgehead atoms. The second-order valence-electron chi connectivity index (χ2n) is 7.69. The lowest BCUT2D eigenvalue weighted by molar-refractivity contribution is 0.00578. The summed E-state index contributed by atoms with van der Waals surface area (Å²) in [6.07, 6.45) is 1.91. The Kier molecular flexibility index (Phi) is 3.74. The lowest BCUT2D eigenvalue weighted by atomic mass is 9.79. The van der Waals surface area contributed by atoms with Crippen LogP contribution < -0.4 is 5.46 Å². The Hall–Kier alpha value is -2.11. The van der Waals surface area contributed by atoms with Gasteiger partial charge in [0.15, 0.2) is 0 Å². The third kappa shape index (κ3) is 2.88. The van der Waals surface area contributed by atoms with E-state index in [1.54, 1.807) is 0 Å². The van der Waals surface area contributed by atoms with Crippen LogP contribution in [0.3, 0.4) is 0 Å². The summed E-state index contributed by atoms with van der Waals surface area (Å²) in [5, 5.41) is 5.67. The molecule has 0 spiro atoms. The molecule has 1 aliphatic heterocycles. The molecule has 0 saturated carbocycles. The highest BCUT2D eigenvalue weighted by molar-refractivity contribution is 6.62. The molecular weight excluding hydrogens is 311 g/mol. The van der Waals surface area contributed by atoms with Crippen molar-refractivity contribution in [3.05, 3.63) is 60.3 Å². The van der Waals surface area contributed by atoms with Gasteiger partial charge in [-0.15, -0.1) is 0 Å². The number of hydrogen-bond donors (Lipinski definition) is 0. The van der Waals surface area contributed by atoms with E-state index < -0.39 is 0 Å². The predicted molar refractivity (Wildman–Crippen MR) is 101 cm³/mol. The maximum Gasteiger partial charge on any atom is 0.494 e. The van der Waals surface area contributed by atoms with E-state index in [-0.39, 0.29) is 18.3 Å². The maximum absolute atomic E-state index is 6.18.